The van der Waals surface area contributed by atoms with E-state index in [1.165, 1.54) is 4.52 Å². The van der Waals surface area contributed by atoms with E-state index in [-0.39, 0.29) is 30.3 Å². The van der Waals surface area contributed by atoms with Crippen LogP contribution in [0.25, 0.3) is 5.78 Å². The predicted molar refractivity (Wildman–Crippen MR) is 110 cm³/mol. The van der Waals surface area contributed by atoms with Crippen molar-refractivity contribution in [2.45, 2.75) is 46.1 Å². The van der Waals surface area contributed by atoms with Crippen molar-refractivity contribution in [2.75, 3.05) is 26.2 Å². The van der Waals surface area contributed by atoms with E-state index in [1.807, 2.05) is 23.6 Å². The lowest BCUT2D eigenvalue weighted by molar-refractivity contribution is -0.132. The summed E-state index contributed by atoms with van der Waals surface area (Å²) in [5.41, 5.74) is 2.80. The van der Waals surface area contributed by atoms with Gasteiger partial charge in [-0.25, -0.2) is 9.50 Å². The quantitative estimate of drug-likeness (QED) is 0.737. The van der Waals surface area contributed by atoms with Crippen LogP contribution < -0.4 is 0 Å². The number of rotatable bonds is 5. The third-order valence-corrected chi connectivity index (χ3v) is 6.40. The molecule has 0 radical (unpaired) electrons. The number of piperidine rings is 1. The van der Waals surface area contributed by atoms with Gasteiger partial charge in [0.25, 0.3) is 11.7 Å². The number of hydrogen-bond acceptors (Lipinski definition) is 6. The summed E-state index contributed by atoms with van der Waals surface area (Å²) in [6.45, 7) is 7.95. The van der Waals surface area contributed by atoms with E-state index in [0.717, 1.165) is 29.6 Å². The third-order valence-electron chi connectivity index (χ3n) is 6.40. The molecule has 0 bridgehead atoms. The Hall–Kier alpha value is -2.81. The van der Waals surface area contributed by atoms with Gasteiger partial charge in [-0.1, -0.05) is 12.5 Å². The normalized spacial score (nSPS) is 21.9. The molecule has 2 aromatic heterocycles. The van der Waals surface area contributed by atoms with Gasteiger partial charge in [0.05, 0.1) is 0 Å². The van der Waals surface area contributed by atoms with E-state index < -0.39 is 0 Å². The Morgan fingerprint density at radius 2 is 2.07 bits per heavy atom. The molecule has 2 saturated heterocycles. The van der Waals surface area contributed by atoms with Gasteiger partial charge in [-0.15, -0.1) is 5.10 Å². The summed E-state index contributed by atoms with van der Waals surface area (Å²) in [5, 5.41) is 13.4. The number of aliphatic hydroxyl groups excluding tert-OH is 1. The largest absolute Gasteiger partial charge is 0.396 e. The number of nitrogens with zero attached hydrogens (tertiary/aromatic N) is 6. The van der Waals surface area contributed by atoms with Gasteiger partial charge >= 0.3 is 0 Å². The minimum Gasteiger partial charge on any atom is -0.396 e. The summed E-state index contributed by atoms with van der Waals surface area (Å²) in [5.74, 6) is 0.726. The van der Waals surface area contributed by atoms with E-state index in [1.54, 1.807) is 12.4 Å². The zero-order valence-corrected chi connectivity index (χ0v) is 17.7. The molecule has 0 aliphatic carbocycles. The van der Waals surface area contributed by atoms with Crippen LogP contribution in [0.3, 0.4) is 0 Å². The maximum Gasteiger partial charge on any atom is 0.293 e. The smallest absolute Gasteiger partial charge is 0.293 e. The Morgan fingerprint density at radius 3 is 2.77 bits per heavy atom. The fourth-order valence-corrected chi connectivity index (χ4v) is 4.26. The topological polar surface area (TPSA) is 104 Å². The van der Waals surface area contributed by atoms with Crippen molar-refractivity contribution in [3.05, 3.63) is 34.9 Å². The number of hydrogen-bond donors (Lipinski definition) is 1. The first kappa shape index (κ1) is 20.5. The van der Waals surface area contributed by atoms with Crippen LogP contribution in [0.5, 0.6) is 0 Å². The number of fused-ring (bicyclic) bond motifs is 2. The molecule has 0 saturated carbocycles. The number of carbonyl (C=O) groups excluding carboxylic acids is 2. The Balaban J connectivity index is 1.42. The first-order chi connectivity index (χ1) is 14.4. The van der Waals surface area contributed by atoms with E-state index >= 15 is 0 Å². The summed E-state index contributed by atoms with van der Waals surface area (Å²) < 4.78 is 1.49. The van der Waals surface area contributed by atoms with Crippen molar-refractivity contribution < 1.29 is 14.7 Å². The molecule has 1 N–H and O–H groups in total. The molecule has 2 aliphatic heterocycles. The van der Waals surface area contributed by atoms with Gasteiger partial charge in [0.2, 0.25) is 11.7 Å². The lowest BCUT2D eigenvalue weighted by Gasteiger charge is -2.53. The Morgan fingerprint density at radius 1 is 1.27 bits per heavy atom. The van der Waals surface area contributed by atoms with Crippen LogP contribution >= 0.6 is 0 Å². The number of aromatic nitrogens is 4. The van der Waals surface area contributed by atoms with E-state index in [0.29, 0.717) is 37.8 Å². The molecule has 160 valence electrons. The average Bonchev–Trinajstić information content (AvgIpc) is 3.16. The summed E-state index contributed by atoms with van der Waals surface area (Å²) in [6, 6.07) is 0.127. The molecular weight excluding hydrogens is 384 g/mol. The summed E-state index contributed by atoms with van der Waals surface area (Å²) in [6.07, 6.45) is 5.50. The predicted octanol–water partition coefficient (Wildman–Crippen LogP) is 1.08. The second kappa shape index (κ2) is 8.14. The van der Waals surface area contributed by atoms with Gasteiger partial charge in [-0.2, -0.15) is 4.98 Å². The molecule has 2 fully saturated rings. The fourth-order valence-electron chi connectivity index (χ4n) is 4.26. The first-order valence-corrected chi connectivity index (χ1v) is 10.5. The van der Waals surface area contributed by atoms with Gasteiger partial charge in [0, 0.05) is 56.2 Å². The maximum absolute atomic E-state index is 12.9. The molecule has 2 aliphatic rings. The molecule has 2 aromatic rings. The van der Waals surface area contributed by atoms with Crippen molar-refractivity contribution in [1.29, 1.82) is 0 Å². The number of aliphatic hydroxyl groups is 1. The van der Waals surface area contributed by atoms with Crippen molar-refractivity contribution in [3.8, 4) is 0 Å². The van der Waals surface area contributed by atoms with E-state index in [2.05, 4.69) is 22.0 Å². The van der Waals surface area contributed by atoms with Crippen molar-refractivity contribution in [3.63, 3.8) is 0 Å². The van der Waals surface area contributed by atoms with Crippen LogP contribution in [0.15, 0.2) is 23.5 Å². The molecule has 30 heavy (non-hydrogen) atoms. The lowest BCUT2D eigenvalue weighted by Crippen LogP contribution is -2.65. The van der Waals surface area contributed by atoms with Crippen LogP contribution in [0.2, 0.25) is 0 Å². The average molecular weight is 412 g/mol. The molecule has 9 heteroatoms. The highest BCUT2D eigenvalue weighted by atomic mass is 16.3. The SMILES string of the molecule is CC/C(C)=C(\C)C(=O)N1CC[C@@H]2[C@H](C1)CN2C(=O)c1nc2ncc(CCO)cn2n1. The van der Waals surface area contributed by atoms with Gasteiger partial charge in [-0.05, 0) is 38.7 Å². The number of likely N-dealkylation sites (tertiary alicyclic amines) is 2. The summed E-state index contributed by atoms with van der Waals surface area (Å²) in [7, 11) is 0. The Bertz CT molecular complexity index is 1010. The molecule has 0 unspecified atom stereocenters. The minimum absolute atomic E-state index is 0.0252. The number of amides is 2. The molecule has 2 amide bonds. The van der Waals surface area contributed by atoms with Crippen molar-refractivity contribution >= 4 is 17.6 Å². The highest BCUT2D eigenvalue weighted by molar-refractivity contribution is 5.94. The lowest BCUT2D eigenvalue weighted by atomic mass is 9.82. The van der Waals surface area contributed by atoms with Crippen LogP contribution in [0, 0.1) is 5.92 Å². The highest BCUT2D eigenvalue weighted by Gasteiger charge is 2.46. The first-order valence-electron chi connectivity index (χ1n) is 10.5. The van der Waals surface area contributed by atoms with Crippen LogP contribution in [-0.4, -0.2) is 78.6 Å². The van der Waals surface area contributed by atoms with E-state index in [4.69, 9.17) is 5.11 Å². The standard InChI is InChI=1S/C21H28N6O3/c1-4-13(2)14(3)19(29)25-7-5-17-16(11-25)12-26(17)20(30)18-23-21-22-9-15(6-8-28)10-27(21)24-18/h9-10,16-17,28H,4-8,11-12H2,1-3H3/b14-13+/t16-,17-/m1/s1. The van der Waals surface area contributed by atoms with Gasteiger partial charge in [0.15, 0.2) is 0 Å². The number of allylic oxidation sites excluding steroid dienone is 1. The molecule has 9 nitrogen and oxygen atoms in total. The van der Waals surface area contributed by atoms with Gasteiger partial charge in [-0.3, -0.25) is 9.59 Å². The molecule has 0 aromatic carbocycles. The van der Waals surface area contributed by atoms with Crippen molar-refractivity contribution in [1.82, 2.24) is 29.4 Å². The molecule has 4 rings (SSSR count). The second-order valence-corrected chi connectivity index (χ2v) is 8.20. The summed E-state index contributed by atoms with van der Waals surface area (Å²) in [4.78, 5) is 37.9. The van der Waals surface area contributed by atoms with Crippen molar-refractivity contribution in [2.24, 2.45) is 5.92 Å². The maximum atomic E-state index is 12.9. The molecular formula is C21H28N6O3. The van der Waals surface area contributed by atoms with Crippen LogP contribution in [0.4, 0.5) is 0 Å². The molecule has 4 heterocycles. The fraction of sp³-hybridized carbons (Fsp3) is 0.571. The molecule has 0 spiro atoms. The van der Waals surface area contributed by atoms with Crippen LogP contribution in [0.1, 0.15) is 49.8 Å². The van der Waals surface area contributed by atoms with Crippen LogP contribution in [-0.2, 0) is 11.2 Å². The van der Waals surface area contributed by atoms with E-state index in [9.17, 15) is 9.59 Å². The Kier molecular flexibility index (Phi) is 5.55. The highest BCUT2D eigenvalue weighted by Crippen LogP contribution is 2.34. The Labute approximate surface area is 175 Å². The molecule has 2 atom stereocenters. The number of carbonyl (C=O) groups is 2. The zero-order chi connectivity index (χ0) is 21.4. The minimum atomic E-state index is -0.192. The summed E-state index contributed by atoms with van der Waals surface area (Å²) >= 11 is 0. The van der Waals surface area contributed by atoms with Gasteiger partial charge < -0.3 is 14.9 Å². The second-order valence-electron chi connectivity index (χ2n) is 8.20. The monoisotopic (exact) mass is 412 g/mol. The van der Waals surface area contributed by atoms with Gasteiger partial charge in [0.1, 0.15) is 0 Å². The third kappa shape index (κ3) is 3.58. The zero-order valence-electron chi connectivity index (χ0n) is 17.7.